The summed E-state index contributed by atoms with van der Waals surface area (Å²) in [6, 6.07) is 2.35. The van der Waals surface area contributed by atoms with E-state index in [1.165, 1.54) is 32.1 Å². The van der Waals surface area contributed by atoms with Gasteiger partial charge in [-0.15, -0.1) is 0 Å². The first-order valence-corrected chi connectivity index (χ1v) is 7.40. The number of aromatic nitrogens is 2. The number of hydrogen-bond donors (Lipinski definition) is 1. The van der Waals surface area contributed by atoms with E-state index in [1.54, 1.807) is 6.33 Å². The van der Waals surface area contributed by atoms with Crippen molar-refractivity contribution < 1.29 is 4.74 Å². The minimum Gasteiger partial charge on any atom is -0.475 e. The van der Waals surface area contributed by atoms with Crippen molar-refractivity contribution in [3.8, 4) is 5.88 Å². The van der Waals surface area contributed by atoms with Crippen LogP contribution in [-0.2, 0) is 0 Å². The summed E-state index contributed by atoms with van der Waals surface area (Å²) in [7, 11) is 0. The van der Waals surface area contributed by atoms with E-state index in [4.69, 9.17) is 4.74 Å². The van der Waals surface area contributed by atoms with Crippen LogP contribution in [0.4, 0.5) is 5.82 Å². The van der Waals surface area contributed by atoms with Crippen LogP contribution in [0.1, 0.15) is 52.9 Å². The molecular formula is C15H25N3O. The maximum Gasteiger partial charge on any atom is 0.218 e. The molecule has 0 bridgehead atoms. The molecule has 4 heteroatoms. The molecule has 1 fully saturated rings. The van der Waals surface area contributed by atoms with E-state index >= 15 is 0 Å². The number of ether oxygens (including phenoxy) is 1. The Morgan fingerprint density at radius 1 is 1.16 bits per heavy atom. The second kappa shape index (κ2) is 6.73. The zero-order valence-electron chi connectivity index (χ0n) is 12.2. The van der Waals surface area contributed by atoms with Crippen LogP contribution >= 0.6 is 0 Å². The Balaban J connectivity index is 1.93. The lowest BCUT2D eigenvalue weighted by Gasteiger charge is -2.28. The summed E-state index contributed by atoms with van der Waals surface area (Å²) in [5.41, 5.74) is 0. The molecule has 0 radical (unpaired) electrons. The lowest BCUT2D eigenvalue weighted by Crippen LogP contribution is -2.28. The van der Waals surface area contributed by atoms with Crippen molar-refractivity contribution >= 4 is 5.82 Å². The molecule has 106 valence electrons. The first-order chi connectivity index (χ1) is 9.15. The highest BCUT2D eigenvalue weighted by molar-refractivity contribution is 5.38. The van der Waals surface area contributed by atoms with Gasteiger partial charge in [0.05, 0.1) is 6.10 Å². The fourth-order valence-electron chi connectivity index (χ4n) is 2.71. The van der Waals surface area contributed by atoms with Crippen molar-refractivity contribution in [2.45, 2.75) is 65.0 Å². The molecule has 1 N–H and O–H groups in total. The predicted octanol–water partition coefficient (Wildman–Crippen LogP) is 3.64. The minimum absolute atomic E-state index is 0.138. The summed E-state index contributed by atoms with van der Waals surface area (Å²) in [5, 5.41) is 3.49. The third-order valence-corrected chi connectivity index (χ3v) is 3.73. The predicted molar refractivity (Wildman–Crippen MR) is 77.5 cm³/mol. The molecule has 1 saturated carbocycles. The quantitative estimate of drug-likeness (QED) is 0.881. The van der Waals surface area contributed by atoms with Crippen molar-refractivity contribution in [3.05, 3.63) is 12.4 Å². The van der Waals surface area contributed by atoms with Gasteiger partial charge in [0.1, 0.15) is 12.1 Å². The molecule has 4 nitrogen and oxygen atoms in total. The summed E-state index contributed by atoms with van der Waals surface area (Å²) in [4.78, 5) is 8.41. The van der Waals surface area contributed by atoms with E-state index in [-0.39, 0.29) is 6.10 Å². The first-order valence-electron chi connectivity index (χ1n) is 7.40. The van der Waals surface area contributed by atoms with Crippen LogP contribution in [0.3, 0.4) is 0 Å². The normalized spacial score (nSPS) is 18.3. The van der Waals surface area contributed by atoms with Crippen LogP contribution in [0.2, 0.25) is 0 Å². The van der Waals surface area contributed by atoms with Gasteiger partial charge in [-0.2, -0.15) is 0 Å². The zero-order valence-corrected chi connectivity index (χ0v) is 12.2. The van der Waals surface area contributed by atoms with Crippen LogP contribution in [0.5, 0.6) is 5.88 Å². The Bertz CT molecular complexity index is 389. The smallest absolute Gasteiger partial charge is 0.218 e. The van der Waals surface area contributed by atoms with Crippen LogP contribution in [0.25, 0.3) is 0 Å². The van der Waals surface area contributed by atoms with Crippen LogP contribution in [0.15, 0.2) is 12.4 Å². The maximum atomic E-state index is 5.59. The van der Waals surface area contributed by atoms with Gasteiger partial charge in [0.15, 0.2) is 0 Å². The molecule has 0 saturated heterocycles. The zero-order chi connectivity index (χ0) is 13.7. The van der Waals surface area contributed by atoms with Gasteiger partial charge in [-0.3, -0.25) is 0 Å². The highest BCUT2D eigenvalue weighted by Crippen LogP contribution is 2.28. The van der Waals surface area contributed by atoms with Crippen LogP contribution in [-0.4, -0.2) is 22.1 Å². The summed E-state index contributed by atoms with van der Waals surface area (Å²) < 4.78 is 5.59. The van der Waals surface area contributed by atoms with Gasteiger partial charge in [-0.05, 0) is 39.5 Å². The molecule has 1 aromatic heterocycles. The monoisotopic (exact) mass is 263 g/mol. The van der Waals surface area contributed by atoms with Gasteiger partial charge in [0.2, 0.25) is 5.88 Å². The van der Waals surface area contributed by atoms with Gasteiger partial charge >= 0.3 is 0 Å². The maximum absolute atomic E-state index is 5.59. The largest absolute Gasteiger partial charge is 0.475 e. The highest BCUT2D eigenvalue weighted by Gasteiger charge is 2.20. The fraction of sp³-hybridized carbons (Fsp3) is 0.733. The molecule has 2 rings (SSSR count). The molecule has 1 unspecified atom stereocenters. The Hall–Kier alpha value is -1.32. The van der Waals surface area contributed by atoms with E-state index in [9.17, 15) is 0 Å². The van der Waals surface area contributed by atoms with E-state index in [0.29, 0.717) is 11.9 Å². The molecule has 1 aromatic rings. The summed E-state index contributed by atoms with van der Waals surface area (Å²) in [5.74, 6) is 2.27. The van der Waals surface area contributed by atoms with Crippen LogP contribution in [0, 0.1) is 5.92 Å². The summed E-state index contributed by atoms with van der Waals surface area (Å²) >= 11 is 0. The first kappa shape index (κ1) is 14.1. The second-order valence-electron chi connectivity index (χ2n) is 5.74. The van der Waals surface area contributed by atoms with Gasteiger partial charge in [-0.25, -0.2) is 9.97 Å². The van der Waals surface area contributed by atoms with Crippen molar-refractivity contribution in [3.63, 3.8) is 0 Å². The molecule has 1 aliphatic carbocycles. The van der Waals surface area contributed by atoms with E-state index in [1.807, 2.05) is 19.9 Å². The lowest BCUT2D eigenvalue weighted by molar-refractivity contribution is 0.232. The van der Waals surface area contributed by atoms with Crippen LogP contribution < -0.4 is 10.1 Å². The SMILES string of the molecule is CC(C)Oc1cc(NC(C)C2CCCCC2)ncn1. The fourth-order valence-corrected chi connectivity index (χ4v) is 2.71. The molecule has 1 heterocycles. The summed E-state index contributed by atoms with van der Waals surface area (Å²) in [6.45, 7) is 6.25. The third-order valence-electron chi connectivity index (χ3n) is 3.73. The van der Waals surface area contributed by atoms with E-state index in [0.717, 1.165) is 11.7 Å². The molecule has 0 amide bonds. The lowest BCUT2D eigenvalue weighted by atomic mass is 9.84. The van der Waals surface area contributed by atoms with Gasteiger partial charge < -0.3 is 10.1 Å². The third kappa shape index (κ3) is 4.37. The molecule has 19 heavy (non-hydrogen) atoms. The summed E-state index contributed by atoms with van der Waals surface area (Å²) in [6.07, 6.45) is 8.48. The Morgan fingerprint density at radius 3 is 2.58 bits per heavy atom. The topological polar surface area (TPSA) is 47.0 Å². The number of hydrogen-bond acceptors (Lipinski definition) is 4. The highest BCUT2D eigenvalue weighted by atomic mass is 16.5. The van der Waals surface area contributed by atoms with E-state index < -0.39 is 0 Å². The number of nitrogens with zero attached hydrogens (tertiary/aromatic N) is 2. The van der Waals surface area contributed by atoms with Crippen molar-refractivity contribution in [2.24, 2.45) is 5.92 Å². The standard InChI is InChI=1S/C15H25N3O/c1-11(2)19-15-9-14(16-10-17-15)18-12(3)13-7-5-4-6-8-13/h9-13H,4-8H2,1-3H3,(H,16,17,18). The van der Waals surface area contributed by atoms with Gasteiger partial charge in [0, 0.05) is 12.1 Å². The second-order valence-corrected chi connectivity index (χ2v) is 5.74. The molecule has 0 spiro atoms. The molecular weight excluding hydrogens is 238 g/mol. The number of anilines is 1. The molecule has 1 aliphatic rings. The minimum atomic E-state index is 0.138. The van der Waals surface area contributed by atoms with E-state index in [2.05, 4.69) is 22.2 Å². The number of rotatable bonds is 5. The molecule has 0 aliphatic heterocycles. The van der Waals surface area contributed by atoms with Gasteiger partial charge in [-0.1, -0.05) is 19.3 Å². The van der Waals surface area contributed by atoms with Gasteiger partial charge in [0.25, 0.3) is 0 Å². The molecule has 1 atom stereocenters. The average molecular weight is 263 g/mol. The Labute approximate surface area is 116 Å². The van der Waals surface area contributed by atoms with Crippen molar-refractivity contribution in [1.82, 2.24) is 9.97 Å². The number of nitrogens with one attached hydrogen (secondary N) is 1. The molecule has 0 aromatic carbocycles. The van der Waals surface area contributed by atoms with Crippen molar-refractivity contribution in [1.29, 1.82) is 0 Å². The Kier molecular flexibility index (Phi) is 5.00. The Morgan fingerprint density at radius 2 is 1.89 bits per heavy atom. The average Bonchev–Trinajstić information content (AvgIpc) is 2.39. The van der Waals surface area contributed by atoms with Crippen molar-refractivity contribution in [2.75, 3.05) is 5.32 Å².